The summed E-state index contributed by atoms with van der Waals surface area (Å²) in [7, 11) is 5.30. The average Bonchev–Trinajstić information content (AvgIpc) is 2.45. The molecule has 0 radical (unpaired) electrons. The monoisotopic (exact) mass is 288 g/mol. The van der Waals surface area contributed by atoms with Crippen LogP contribution in [0.25, 0.3) is 0 Å². The van der Waals surface area contributed by atoms with Gasteiger partial charge in [-0.05, 0) is 24.6 Å². The number of rotatable bonds is 3. The maximum absolute atomic E-state index is 12.0. The molecule has 1 aromatic carbocycles. The summed E-state index contributed by atoms with van der Waals surface area (Å²) in [5.74, 6) is -0.111. The minimum absolute atomic E-state index is 0.293. The lowest BCUT2D eigenvalue weighted by atomic mass is 9.96. The zero-order valence-electron chi connectivity index (χ0n) is 12.7. The van der Waals surface area contributed by atoms with Gasteiger partial charge in [0.2, 0.25) is 0 Å². The molecule has 1 aliphatic heterocycles. The Morgan fingerprint density at radius 1 is 1.33 bits per heavy atom. The Labute approximate surface area is 124 Å². The van der Waals surface area contributed by atoms with Crippen molar-refractivity contribution in [1.29, 1.82) is 0 Å². The average molecular weight is 288 g/mol. The highest BCUT2D eigenvalue weighted by Gasteiger charge is 2.29. The Balaban J connectivity index is 2.42. The Hall–Kier alpha value is -2.50. The van der Waals surface area contributed by atoms with E-state index in [4.69, 9.17) is 10.5 Å². The standard InChI is InChI=1S/C15H20N4O2/c1-9-12(14(20)21-4)13(18-15(16)17-9)10-5-7-11(8-6-10)19(2)3/h5-8,13H,1-4H3,(H3,16,17,18). The summed E-state index contributed by atoms with van der Waals surface area (Å²) in [6.07, 6.45) is 0. The van der Waals surface area contributed by atoms with E-state index in [1.807, 2.05) is 43.3 Å². The van der Waals surface area contributed by atoms with Gasteiger partial charge in [0.05, 0.1) is 12.7 Å². The molecule has 21 heavy (non-hydrogen) atoms. The molecule has 0 aromatic heterocycles. The van der Waals surface area contributed by atoms with Crippen LogP contribution in [0, 0.1) is 0 Å². The van der Waals surface area contributed by atoms with Crippen LogP contribution >= 0.6 is 0 Å². The van der Waals surface area contributed by atoms with E-state index in [1.165, 1.54) is 7.11 Å². The van der Waals surface area contributed by atoms with Crippen LogP contribution in [0.3, 0.4) is 0 Å². The number of nitrogens with one attached hydrogen (secondary N) is 1. The van der Waals surface area contributed by atoms with E-state index in [0.717, 1.165) is 11.3 Å². The summed E-state index contributed by atoms with van der Waals surface area (Å²) in [5, 5.41) is 2.87. The lowest BCUT2D eigenvalue weighted by Crippen LogP contribution is -2.37. The van der Waals surface area contributed by atoms with Gasteiger partial charge in [0.15, 0.2) is 5.96 Å². The normalized spacial score (nSPS) is 17.9. The molecule has 1 unspecified atom stereocenters. The van der Waals surface area contributed by atoms with Crippen molar-refractivity contribution in [2.24, 2.45) is 10.7 Å². The summed E-state index contributed by atoms with van der Waals surface area (Å²) in [6, 6.07) is 7.40. The second kappa shape index (κ2) is 5.87. The van der Waals surface area contributed by atoms with Gasteiger partial charge in [-0.2, -0.15) is 0 Å². The van der Waals surface area contributed by atoms with Crippen molar-refractivity contribution in [3.05, 3.63) is 41.1 Å². The van der Waals surface area contributed by atoms with Gasteiger partial charge in [0.25, 0.3) is 0 Å². The maximum atomic E-state index is 12.0. The molecular formula is C15H20N4O2. The number of hydrogen-bond acceptors (Lipinski definition) is 6. The fourth-order valence-electron chi connectivity index (χ4n) is 2.27. The molecule has 0 aliphatic carbocycles. The van der Waals surface area contributed by atoms with Gasteiger partial charge in [-0.15, -0.1) is 0 Å². The first kappa shape index (κ1) is 14.9. The molecule has 6 heteroatoms. The third-order valence-electron chi connectivity index (χ3n) is 3.39. The number of carbonyl (C=O) groups excluding carboxylic acids is 1. The number of carbonyl (C=O) groups is 1. The number of nitrogens with two attached hydrogens (primary N) is 1. The Morgan fingerprint density at radius 2 is 1.95 bits per heavy atom. The van der Waals surface area contributed by atoms with Crippen LogP contribution in [0.15, 0.2) is 40.5 Å². The Morgan fingerprint density at radius 3 is 2.48 bits per heavy atom. The highest BCUT2D eigenvalue weighted by molar-refractivity contribution is 5.94. The molecule has 2 rings (SSSR count). The topological polar surface area (TPSA) is 79.9 Å². The lowest BCUT2D eigenvalue weighted by molar-refractivity contribution is -0.136. The minimum Gasteiger partial charge on any atom is -0.466 e. The lowest BCUT2D eigenvalue weighted by Gasteiger charge is -2.24. The Kier molecular flexibility index (Phi) is 4.16. The third-order valence-corrected chi connectivity index (χ3v) is 3.39. The summed E-state index contributed by atoms with van der Waals surface area (Å²) in [4.78, 5) is 18.3. The molecule has 0 fully saturated rings. The molecule has 1 aliphatic rings. The molecule has 1 heterocycles. The molecule has 0 amide bonds. The van der Waals surface area contributed by atoms with Gasteiger partial charge < -0.3 is 20.7 Å². The van der Waals surface area contributed by atoms with Crippen LogP contribution in [0.2, 0.25) is 0 Å². The second-order valence-electron chi connectivity index (χ2n) is 5.06. The largest absolute Gasteiger partial charge is 0.466 e. The van der Waals surface area contributed by atoms with Crippen molar-refractivity contribution in [1.82, 2.24) is 5.32 Å². The van der Waals surface area contributed by atoms with Gasteiger partial charge in [-0.1, -0.05) is 12.1 Å². The molecule has 1 atom stereocenters. The summed E-state index contributed by atoms with van der Waals surface area (Å²) in [5.41, 5.74) is 8.89. The van der Waals surface area contributed by atoms with E-state index in [9.17, 15) is 4.79 Å². The number of hydrogen-bond donors (Lipinski definition) is 2. The van der Waals surface area contributed by atoms with Crippen LogP contribution in [0.1, 0.15) is 18.5 Å². The third kappa shape index (κ3) is 2.99. The molecule has 0 saturated heterocycles. The van der Waals surface area contributed by atoms with Gasteiger partial charge in [0.1, 0.15) is 6.04 Å². The summed E-state index contributed by atoms with van der Waals surface area (Å²) >= 11 is 0. The molecule has 112 valence electrons. The number of anilines is 1. The molecule has 0 bridgehead atoms. The molecule has 3 N–H and O–H groups in total. The van der Waals surface area contributed by atoms with E-state index >= 15 is 0 Å². The van der Waals surface area contributed by atoms with Crippen LogP contribution in [0.4, 0.5) is 5.69 Å². The predicted octanol–water partition coefficient (Wildman–Crippen LogP) is 1.16. The Bertz CT molecular complexity index is 603. The van der Waals surface area contributed by atoms with Gasteiger partial charge >= 0.3 is 5.97 Å². The van der Waals surface area contributed by atoms with E-state index < -0.39 is 12.0 Å². The van der Waals surface area contributed by atoms with Crippen molar-refractivity contribution in [2.75, 3.05) is 26.1 Å². The first-order valence-corrected chi connectivity index (χ1v) is 6.60. The summed E-state index contributed by atoms with van der Waals surface area (Å²) in [6.45, 7) is 1.79. The highest BCUT2D eigenvalue weighted by atomic mass is 16.5. The quantitative estimate of drug-likeness (QED) is 0.816. The number of ether oxygens (including phenoxy) is 1. The van der Waals surface area contributed by atoms with Crippen LogP contribution in [-0.2, 0) is 9.53 Å². The van der Waals surface area contributed by atoms with E-state index in [2.05, 4.69) is 10.3 Å². The van der Waals surface area contributed by atoms with Crippen molar-refractivity contribution in [3.8, 4) is 0 Å². The molecule has 1 aromatic rings. The first-order chi connectivity index (χ1) is 9.93. The molecule has 6 nitrogen and oxygen atoms in total. The SMILES string of the molecule is COC(=O)C1=C(C)NC(N)=NC1c1ccc(N(C)C)cc1. The number of esters is 1. The van der Waals surface area contributed by atoms with Crippen molar-refractivity contribution >= 4 is 17.6 Å². The number of methoxy groups -OCH3 is 1. The number of allylic oxidation sites excluding steroid dienone is 1. The fourth-order valence-corrected chi connectivity index (χ4v) is 2.27. The van der Waals surface area contributed by atoms with Gasteiger partial charge in [-0.25, -0.2) is 9.79 Å². The van der Waals surface area contributed by atoms with Crippen LogP contribution < -0.4 is 16.0 Å². The van der Waals surface area contributed by atoms with E-state index in [1.54, 1.807) is 6.92 Å². The van der Waals surface area contributed by atoms with Crippen LogP contribution in [0.5, 0.6) is 0 Å². The summed E-state index contributed by atoms with van der Waals surface area (Å²) < 4.78 is 4.85. The number of benzene rings is 1. The second-order valence-corrected chi connectivity index (χ2v) is 5.06. The smallest absolute Gasteiger partial charge is 0.338 e. The number of aliphatic imine (C=N–C) groups is 1. The minimum atomic E-state index is -0.449. The fraction of sp³-hybridized carbons (Fsp3) is 0.333. The van der Waals surface area contributed by atoms with Crippen LogP contribution in [-0.4, -0.2) is 33.1 Å². The van der Waals surface area contributed by atoms with Gasteiger partial charge in [-0.3, -0.25) is 0 Å². The van der Waals surface area contributed by atoms with E-state index in [-0.39, 0.29) is 0 Å². The van der Waals surface area contributed by atoms with Crippen molar-refractivity contribution in [3.63, 3.8) is 0 Å². The van der Waals surface area contributed by atoms with E-state index in [0.29, 0.717) is 17.2 Å². The maximum Gasteiger partial charge on any atom is 0.338 e. The van der Waals surface area contributed by atoms with Crippen molar-refractivity contribution < 1.29 is 9.53 Å². The first-order valence-electron chi connectivity index (χ1n) is 6.60. The highest BCUT2D eigenvalue weighted by Crippen LogP contribution is 2.31. The van der Waals surface area contributed by atoms with Gasteiger partial charge in [0, 0.05) is 25.5 Å². The molecular weight excluding hydrogens is 268 g/mol. The number of guanidine groups is 1. The predicted molar refractivity (Wildman–Crippen MR) is 83.0 cm³/mol. The van der Waals surface area contributed by atoms with Crippen molar-refractivity contribution in [2.45, 2.75) is 13.0 Å². The zero-order chi connectivity index (χ0) is 15.6. The molecule has 0 spiro atoms. The number of nitrogens with zero attached hydrogens (tertiary/aromatic N) is 2. The molecule has 0 saturated carbocycles. The zero-order valence-corrected chi connectivity index (χ0v) is 12.7.